The van der Waals surface area contributed by atoms with E-state index < -0.39 is 31.2 Å². The molecule has 1 atom stereocenters. The van der Waals surface area contributed by atoms with Crippen LogP contribution in [0.3, 0.4) is 0 Å². The Morgan fingerprint density at radius 1 is 1.05 bits per heavy atom. The molecule has 0 radical (unpaired) electrons. The Morgan fingerprint density at radius 3 is 2.33 bits per heavy atom. The van der Waals surface area contributed by atoms with Gasteiger partial charge in [-0.25, -0.2) is 9.78 Å². The minimum Gasteiger partial charge on any atom is -0.481 e. The third kappa shape index (κ3) is 6.19. The van der Waals surface area contributed by atoms with E-state index in [4.69, 9.17) is 32.9 Å². The highest BCUT2D eigenvalue weighted by Crippen LogP contribution is 2.32. The van der Waals surface area contributed by atoms with E-state index in [1.54, 1.807) is 53.1 Å². The summed E-state index contributed by atoms with van der Waals surface area (Å²) in [5.41, 5.74) is -0.0342. The van der Waals surface area contributed by atoms with Gasteiger partial charge in [0.25, 0.3) is 5.56 Å². The van der Waals surface area contributed by atoms with Gasteiger partial charge in [0.2, 0.25) is 0 Å². The number of hydrogen-bond donors (Lipinski definition) is 1. The van der Waals surface area contributed by atoms with E-state index in [1.165, 1.54) is 11.5 Å². The molecule has 2 aromatic heterocycles. The van der Waals surface area contributed by atoms with Crippen LogP contribution in [0.2, 0.25) is 35.7 Å². The van der Waals surface area contributed by atoms with Crippen LogP contribution in [-0.2, 0) is 22.8 Å². The molecule has 0 saturated carbocycles. The lowest BCUT2D eigenvalue weighted by molar-refractivity contribution is -0.141. The second-order valence-electron chi connectivity index (χ2n) is 10.6. The standard InChI is InChI=1S/C27H30Cl2N4O5Si/c1-17(26(35)36)15-31-25(34)22-24(32(27(31)37)16-38-13-14-39(2,3)4)30-23(20-7-5-6-8-21(20)29)33(22)19-11-9-18(28)10-12-19/h5-12,17H,13-16H2,1-4H3,(H,35,36). The summed E-state index contributed by atoms with van der Waals surface area (Å²) in [5.74, 6) is -1.76. The lowest BCUT2D eigenvalue weighted by atomic mass is 10.2. The van der Waals surface area contributed by atoms with E-state index in [2.05, 4.69) is 19.6 Å². The number of nitrogens with zero attached hydrogens (tertiary/aromatic N) is 4. The first-order valence-electron chi connectivity index (χ1n) is 12.5. The Bertz CT molecular complexity index is 1640. The van der Waals surface area contributed by atoms with Crippen LogP contribution >= 0.6 is 23.2 Å². The predicted octanol–water partition coefficient (Wildman–Crippen LogP) is 5.36. The van der Waals surface area contributed by atoms with Gasteiger partial charge in [0.1, 0.15) is 12.6 Å². The van der Waals surface area contributed by atoms with Crippen molar-refractivity contribution in [1.29, 1.82) is 0 Å². The Morgan fingerprint density at radius 2 is 1.72 bits per heavy atom. The fourth-order valence-corrected chi connectivity index (χ4v) is 5.17. The van der Waals surface area contributed by atoms with Crippen molar-refractivity contribution in [3.05, 3.63) is 79.4 Å². The minimum atomic E-state index is -1.40. The van der Waals surface area contributed by atoms with E-state index >= 15 is 0 Å². The molecule has 0 aliphatic carbocycles. The van der Waals surface area contributed by atoms with Crippen LogP contribution in [0.5, 0.6) is 0 Å². The lowest BCUT2D eigenvalue weighted by Gasteiger charge is -2.17. The second-order valence-corrected chi connectivity index (χ2v) is 17.1. The third-order valence-corrected chi connectivity index (χ3v) is 8.60. The quantitative estimate of drug-likeness (QED) is 0.197. The van der Waals surface area contributed by atoms with E-state index in [0.29, 0.717) is 33.7 Å². The summed E-state index contributed by atoms with van der Waals surface area (Å²) in [4.78, 5) is 43.9. The molecular weight excluding hydrogens is 559 g/mol. The van der Waals surface area contributed by atoms with Gasteiger partial charge in [0.05, 0.1) is 10.9 Å². The van der Waals surface area contributed by atoms with E-state index in [0.717, 1.165) is 10.6 Å². The molecule has 0 aliphatic heterocycles. The lowest BCUT2D eigenvalue weighted by Crippen LogP contribution is -2.43. The van der Waals surface area contributed by atoms with Crippen molar-refractivity contribution in [1.82, 2.24) is 18.7 Å². The maximum Gasteiger partial charge on any atom is 0.334 e. The molecule has 4 aromatic rings. The first-order valence-corrected chi connectivity index (χ1v) is 16.9. The van der Waals surface area contributed by atoms with Crippen LogP contribution in [0.1, 0.15) is 6.92 Å². The van der Waals surface area contributed by atoms with Crippen molar-refractivity contribution in [2.75, 3.05) is 6.61 Å². The maximum atomic E-state index is 13.9. The van der Waals surface area contributed by atoms with Crippen molar-refractivity contribution in [2.45, 2.75) is 45.9 Å². The SMILES string of the molecule is CC(Cn1c(=O)c2c(nc(-c3ccccc3Cl)n2-c2ccc(Cl)cc2)n(COCC[Si](C)(C)C)c1=O)C(=O)O. The summed E-state index contributed by atoms with van der Waals surface area (Å²) in [6.07, 6.45) is 0. The largest absolute Gasteiger partial charge is 0.481 e. The number of hydrogen-bond acceptors (Lipinski definition) is 5. The molecule has 4 rings (SSSR count). The molecule has 0 bridgehead atoms. The van der Waals surface area contributed by atoms with Crippen LogP contribution in [-0.4, -0.2) is 44.4 Å². The zero-order valence-corrected chi connectivity index (χ0v) is 24.7. The van der Waals surface area contributed by atoms with Gasteiger partial charge in [-0.1, -0.05) is 61.9 Å². The highest BCUT2D eigenvalue weighted by molar-refractivity contribution is 6.76. The molecule has 1 unspecified atom stereocenters. The van der Waals surface area contributed by atoms with Gasteiger partial charge in [0.15, 0.2) is 11.2 Å². The zero-order chi connectivity index (χ0) is 28.5. The van der Waals surface area contributed by atoms with E-state index in [-0.39, 0.29) is 24.4 Å². The van der Waals surface area contributed by atoms with Crippen LogP contribution in [0, 0.1) is 5.92 Å². The highest BCUT2D eigenvalue weighted by atomic mass is 35.5. The Balaban J connectivity index is 2.04. The van der Waals surface area contributed by atoms with Crippen LogP contribution in [0.4, 0.5) is 0 Å². The summed E-state index contributed by atoms with van der Waals surface area (Å²) in [6.45, 7) is 8.07. The third-order valence-electron chi connectivity index (χ3n) is 6.32. The van der Waals surface area contributed by atoms with E-state index in [9.17, 15) is 19.5 Å². The highest BCUT2D eigenvalue weighted by Gasteiger charge is 2.26. The fourth-order valence-electron chi connectivity index (χ4n) is 4.07. The smallest absolute Gasteiger partial charge is 0.334 e. The fraction of sp³-hybridized carbons (Fsp3) is 0.333. The number of rotatable bonds is 10. The van der Waals surface area contributed by atoms with Gasteiger partial charge in [-0.15, -0.1) is 0 Å². The first kappa shape index (κ1) is 28.8. The van der Waals surface area contributed by atoms with Crippen molar-refractivity contribution < 1.29 is 14.6 Å². The van der Waals surface area contributed by atoms with Gasteiger partial charge >= 0.3 is 11.7 Å². The van der Waals surface area contributed by atoms with Crippen LogP contribution < -0.4 is 11.2 Å². The number of ether oxygens (including phenoxy) is 1. The molecule has 2 aromatic carbocycles. The number of carboxylic acids is 1. The Kier molecular flexibility index (Phi) is 8.50. The number of carbonyl (C=O) groups is 1. The number of imidazole rings is 1. The molecule has 0 saturated heterocycles. The summed E-state index contributed by atoms with van der Waals surface area (Å²) in [7, 11) is -1.40. The molecule has 0 fully saturated rings. The number of carboxylic acid groups (broad SMARTS) is 1. The predicted molar refractivity (Wildman–Crippen MR) is 156 cm³/mol. The zero-order valence-electron chi connectivity index (χ0n) is 22.1. The molecule has 2 heterocycles. The minimum absolute atomic E-state index is 0.0956. The van der Waals surface area contributed by atoms with Gasteiger partial charge < -0.3 is 9.84 Å². The van der Waals surface area contributed by atoms with Gasteiger partial charge in [-0.3, -0.25) is 23.3 Å². The second kappa shape index (κ2) is 11.5. The summed E-state index contributed by atoms with van der Waals surface area (Å²) in [5, 5.41) is 10.4. The molecule has 12 heteroatoms. The topological polar surface area (TPSA) is 108 Å². The van der Waals surface area contributed by atoms with Crippen LogP contribution in [0.15, 0.2) is 58.1 Å². The Labute approximate surface area is 236 Å². The molecule has 0 aliphatic rings. The molecule has 39 heavy (non-hydrogen) atoms. The first-order chi connectivity index (χ1) is 18.4. The number of aromatic nitrogens is 4. The van der Waals surface area contributed by atoms with Crippen LogP contribution in [0.25, 0.3) is 28.2 Å². The molecule has 1 N–H and O–H groups in total. The number of aliphatic carboxylic acids is 1. The average molecular weight is 590 g/mol. The number of benzene rings is 2. The van der Waals surface area contributed by atoms with Gasteiger partial charge in [-0.05, 0) is 42.4 Å². The van der Waals surface area contributed by atoms with Crippen molar-refractivity contribution in [3.63, 3.8) is 0 Å². The molecule has 0 amide bonds. The maximum absolute atomic E-state index is 13.9. The van der Waals surface area contributed by atoms with Gasteiger partial charge in [-0.2, -0.15) is 0 Å². The summed E-state index contributed by atoms with van der Waals surface area (Å²) < 4.78 is 9.74. The molecule has 9 nitrogen and oxygen atoms in total. The van der Waals surface area contributed by atoms with Crippen molar-refractivity contribution in [3.8, 4) is 17.1 Å². The normalized spacial score (nSPS) is 12.7. The average Bonchev–Trinajstić information content (AvgIpc) is 3.26. The van der Waals surface area contributed by atoms with Gasteiger partial charge in [0, 0.05) is 37.5 Å². The number of fused-ring (bicyclic) bond motifs is 1. The van der Waals surface area contributed by atoms with E-state index in [1.807, 2.05) is 0 Å². The monoisotopic (exact) mass is 588 g/mol. The molecular formula is C27H30Cl2N4O5Si. The molecule has 0 spiro atoms. The van der Waals surface area contributed by atoms with Crippen molar-refractivity contribution >= 4 is 48.4 Å². The number of halogens is 2. The summed E-state index contributed by atoms with van der Waals surface area (Å²) >= 11 is 12.7. The molecule has 206 valence electrons. The Hall–Kier alpha value is -3.18. The summed E-state index contributed by atoms with van der Waals surface area (Å²) in [6, 6.07) is 14.8. The van der Waals surface area contributed by atoms with Crippen molar-refractivity contribution in [2.24, 2.45) is 5.92 Å².